The SMILES string of the molecule is CCCOC(CC(C(C)C)N(CCC)C(=O)C(NC(=O)C1CCCCN1C)C(C)CC)c1nc(C(=O)NC(Cc2ccc(O)cc2)C(=O)O)cs1. The van der Waals surface area contributed by atoms with Gasteiger partial charge in [-0.3, -0.25) is 19.3 Å². The lowest BCUT2D eigenvalue weighted by Crippen LogP contribution is -2.58. The number of likely N-dealkylation sites (N-methyl/N-ethyl adjacent to an activating group) is 1. The van der Waals surface area contributed by atoms with Crippen molar-refractivity contribution in [2.45, 2.75) is 123 Å². The maximum atomic E-state index is 14.5. The van der Waals surface area contributed by atoms with Crippen LogP contribution in [0.4, 0.5) is 0 Å². The largest absolute Gasteiger partial charge is 0.508 e. The molecule has 0 spiro atoms. The van der Waals surface area contributed by atoms with Gasteiger partial charge in [-0.25, -0.2) is 9.78 Å². The van der Waals surface area contributed by atoms with E-state index in [-0.39, 0.29) is 53.6 Å². The highest BCUT2D eigenvalue weighted by Crippen LogP contribution is 2.32. The monoisotopic (exact) mass is 729 g/mol. The molecule has 3 rings (SSSR count). The van der Waals surface area contributed by atoms with E-state index < -0.39 is 30.1 Å². The lowest BCUT2D eigenvalue weighted by atomic mass is 9.92. The fourth-order valence-corrected chi connectivity index (χ4v) is 7.38. The highest BCUT2D eigenvalue weighted by molar-refractivity contribution is 7.09. The van der Waals surface area contributed by atoms with E-state index in [2.05, 4.69) is 34.4 Å². The summed E-state index contributed by atoms with van der Waals surface area (Å²) >= 11 is 1.27. The minimum Gasteiger partial charge on any atom is -0.508 e. The fraction of sp³-hybridized carbons (Fsp3) is 0.658. The number of aliphatic carboxylic acids is 1. The van der Waals surface area contributed by atoms with Gasteiger partial charge in [-0.1, -0.05) is 66.5 Å². The van der Waals surface area contributed by atoms with Gasteiger partial charge in [0.15, 0.2) is 0 Å². The molecule has 1 aromatic heterocycles. The molecule has 0 aliphatic carbocycles. The molecule has 0 bridgehead atoms. The molecule has 2 aromatic rings. The van der Waals surface area contributed by atoms with Crippen LogP contribution in [-0.2, 0) is 25.5 Å². The molecule has 1 fully saturated rings. The number of aromatic hydroxyl groups is 1. The van der Waals surface area contributed by atoms with Gasteiger partial charge in [-0.05, 0) is 68.8 Å². The van der Waals surface area contributed by atoms with Crippen molar-refractivity contribution in [1.29, 1.82) is 0 Å². The van der Waals surface area contributed by atoms with Gasteiger partial charge >= 0.3 is 5.97 Å². The van der Waals surface area contributed by atoms with Gasteiger partial charge in [0.05, 0.1) is 6.04 Å². The Balaban J connectivity index is 1.84. The summed E-state index contributed by atoms with van der Waals surface area (Å²) in [6, 6.07) is 3.80. The maximum absolute atomic E-state index is 14.5. The summed E-state index contributed by atoms with van der Waals surface area (Å²) in [7, 11) is 1.97. The zero-order valence-corrected chi connectivity index (χ0v) is 32.2. The van der Waals surface area contributed by atoms with Crippen molar-refractivity contribution in [2.24, 2.45) is 11.8 Å². The molecule has 12 nitrogen and oxygen atoms in total. The summed E-state index contributed by atoms with van der Waals surface area (Å²) in [5, 5.41) is 27.3. The van der Waals surface area contributed by atoms with Crippen LogP contribution in [0.1, 0.15) is 114 Å². The van der Waals surface area contributed by atoms with E-state index in [1.165, 1.54) is 23.5 Å². The molecular weight excluding hydrogens is 671 g/mol. The number of ether oxygens (including phenoxy) is 1. The minimum absolute atomic E-state index is 0.0351. The molecule has 2 heterocycles. The van der Waals surface area contributed by atoms with Gasteiger partial charge < -0.3 is 30.5 Å². The number of phenols is 1. The fourth-order valence-electron chi connectivity index (χ4n) is 6.52. The molecule has 3 amide bonds. The second-order valence-corrected chi connectivity index (χ2v) is 15.0. The third-order valence-corrected chi connectivity index (χ3v) is 10.7. The molecule has 0 radical (unpaired) electrons. The first-order valence-electron chi connectivity index (χ1n) is 18.5. The first kappa shape index (κ1) is 41.9. The molecule has 284 valence electrons. The molecular formula is C38H59N5O7S. The Labute approximate surface area is 307 Å². The van der Waals surface area contributed by atoms with Crippen LogP contribution in [0.5, 0.6) is 5.75 Å². The van der Waals surface area contributed by atoms with E-state index in [0.29, 0.717) is 30.1 Å². The second-order valence-electron chi connectivity index (χ2n) is 14.1. The van der Waals surface area contributed by atoms with Crippen LogP contribution in [0.2, 0.25) is 0 Å². The highest BCUT2D eigenvalue weighted by atomic mass is 32.1. The Morgan fingerprint density at radius 3 is 2.35 bits per heavy atom. The van der Waals surface area contributed by atoms with Gasteiger partial charge in [-0.2, -0.15) is 0 Å². The number of phenolic OH excluding ortho intramolecular Hbond substituents is 1. The standard InChI is InChI=1S/C38H59N5O7S/c1-8-18-43(37(47)33(25(6)10-3)41-35(46)30-13-11-12-19-42(30)7)31(24(4)5)22-32(50-20-9-2)36-40-29(23-51-36)34(45)39-28(38(48)49)21-26-14-16-27(44)17-15-26/h14-17,23-25,28,30-33,44H,8-13,18-22H2,1-7H3,(H,39,45)(H,41,46)(H,48,49). The van der Waals surface area contributed by atoms with Crippen LogP contribution in [-0.4, -0.2) is 99.6 Å². The van der Waals surface area contributed by atoms with Gasteiger partial charge in [0, 0.05) is 37.4 Å². The lowest BCUT2D eigenvalue weighted by molar-refractivity contribution is -0.143. The number of carbonyl (C=O) groups is 4. The Morgan fingerprint density at radius 2 is 1.76 bits per heavy atom. The first-order chi connectivity index (χ1) is 24.3. The van der Waals surface area contributed by atoms with Crippen molar-refractivity contribution in [2.75, 3.05) is 26.7 Å². The average Bonchev–Trinajstić information content (AvgIpc) is 3.60. The average molecular weight is 730 g/mol. The van der Waals surface area contributed by atoms with E-state index in [9.17, 15) is 29.4 Å². The van der Waals surface area contributed by atoms with E-state index in [1.807, 2.05) is 39.6 Å². The third-order valence-electron chi connectivity index (χ3n) is 9.76. The highest BCUT2D eigenvalue weighted by Gasteiger charge is 2.38. The van der Waals surface area contributed by atoms with Crippen LogP contribution in [0.3, 0.4) is 0 Å². The number of carboxylic acid groups (broad SMARTS) is 1. The minimum atomic E-state index is -1.20. The number of hydrogen-bond acceptors (Lipinski definition) is 9. The Hall–Kier alpha value is -3.55. The van der Waals surface area contributed by atoms with E-state index in [1.54, 1.807) is 17.5 Å². The summed E-state index contributed by atoms with van der Waals surface area (Å²) in [6.45, 7) is 14.1. The predicted octanol–water partition coefficient (Wildman–Crippen LogP) is 5.41. The van der Waals surface area contributed by atoms with Crippen LogP contribution >= 0.6 is 11.3 Å². The Morgan fingerprint density at radius 1 is 1.06 bits per heavy atom. The lowest BCUT2D eigenvalue weighted by Gasteiger charge is -2.40. The summed E-state index contributed by atoms with van der Waals surface area (Å²) in [6.07, 6.45) is 5.00. The number of nitrogens with one attached hydrogen (secondary N) is 2. The number of carboxylic acids is 1. The normalized spacial score (nSPS) is 18.0. The van der Waals surface area contributed by atoms with E-state index in [4.69, 9.17) is 4.74 Å². The van der Waals surface area contributed by atoms with Crippen molar-refractivity contribution >= 4 is 35.0 Å². The number of piperidine rings is 1. The molecule has 6 unspecified atom stereocenters. The van der Waals surface area contributed by atoms with Gasteiger partial charge in [-0.15, -0.1) is 11.3 Å². The molecule has 13 heteroatoms. The molecule has 51 heavy (non-hydrogen) atoms. The summed E-state index contributed by atoms with van der Waals surface area (Å²) in [4.78, 5) is 62.0. The number of nitrogens with zero attached hydrogens (tertiary/aromatic N) is 3. The number of carbonyl (C=O) groups excluding carboxylic acids is 3. The number of benzene rings is 1. The van der Waals surface area contributed by atoms with Crippen molar-refractivity contribution in [3.05, 3.63) is 45.9 Å². The van der Waals surface area contributed by atoms with Crippen LogP contribution < -0.4 is 10.6 Å². The zero-order chi connectivity index (χ0) is 37.7. The molecule has 1 aliphatic rings. The molecule has 4 N–H and O–H groups in total. The summed E-state index contributed by atoms with van der Waals surface area (Å²) < 4.78 is 6.34. The van der Waals surface area contributed by atoms with Crippen molar-refractivity contribution < 1.29 is 34.1 Å². The third kappa shape index (κ3) is 12.0. The van der Waals surface area contributed by atoms with Crippen LogP contribution in [0.25, 0.3) is 0 Å². The van der Waals surface area contributed by atoms with Crippen LogP contribution in [0.15, 0.2) is 29.6 Å². The number of likely N-dealkylation sites (tertiary alicyclic amines) is 1. The van der Waals surface area contributed by atoms with Crippen LogP contribution in [0, 0.1) is 11.8 Å². The Bertz CT molecular complexity index is 1420. The number of rotatable bonds is 20. The van der Waals surface area contributed by atoms with Gasteiger partial charge in [0.2, 0.25) is 11.8 Å². The topological polar surface area (TPSA) is 161 Å². The smallest absolute Gasteiger partial charge is 0.326 e. The first-order valence-corrected chi connectivity index (χ1v) is 19.4. The number of thiazole rings is 1. The molecule has 6 atom stereocenters. The molecule has 0 saturated carbocycles. The molecule has 1 aromatic carbocycles. The molecule has 1 aliphatic heterocycles. The maximum Gasteiger partial charge on any atom is 0.326 e. The predicted molar refractivity (Wildman–Crippen MR) is 199 cm³/mol. The summed E-state index contributed by atoms with van der Waals surface area (Å²) in [5.41, 5.74) is 0.738. The number of hydrogen-bond donors (Lipinski definition) is 4. The van der Waals surface area contributed by atoms with E-state index >= 15 is 0 Å². The van der Waals surface area contributed by atoms with E-state index in [0.717, 1.165) is 45.1 Å². The van der Waals surface area contributed by atoms with Gasteiger partial charge in [0.25, 0.3) is 5.91 Å². The molecule has 1 saturated heterocycles. The second kappa shape index (κ2) is 20.5. The zero-order valence-electron chi connectivity index (χ0n) is 31.4. The number of amides is 3. The van der Waals surface area contributed by atoms with Crippen molar-refractivity contribution in [1.82, 2.24) is 25.4 Å². The number of aromatic nitrogens is 1. The van der Waals surface area contributed by atoms with Gasteiger partial charge in [0.1, 0.15) is 34.6 Å². The van der Waals surface area contributed by atoms with Crippen molar-refractivity contribution in [3.63, 3.8) is 0 Å². The Kier molecular flexibility index (Phi) is 16.8. The summed E-state index contributed by atoms with van der Waals surface area (Å²) in [5.74, 6) is -1.96. The quantitative estimate of drug-likeness (QED) is 0.140. The van der Waals surface area contributed by atoms with Crippen molar-refractivity contribution in [3.8, 4) is 5.75 Å².